The van der Waals surface area contributed by atoms with Crippen molar-refractivity contribution in [3.8, 4) is 0 Å². The molecule has 0 aliphatic carbocycles. The fourth-order valence-corrected chi connectivity index (χ4v) is 3.43. The van der Waals surface area contributed by atoms with Crippen LogP contribution < -0.4 is 10.5 Å². The molecular weight excluding hydrogens is 339 g/mol. The summed E-state index contributed by atoms with van der Waals surface area (Å²) >= 11 is 2.94. The van der Waals surface area contributed by atoms with E-state index in [1.807, 2.05) is 6.92 Å². The Labute approximate surface area is 120 Å². The lowest BCUT2D eigenvalue weighted by Gasteiger charge is -2.17. The predicted molar refractivity (Wildman–Crippen MR) is 74.8 cm³/mol. The van der Waals surface area contributed by atoms with E-state index >= 15 is 0 Å². The first-order valence-corrected chi connectivity index (χ1v) is 7.85. The standard InChI is InChI=1S/C11H16BrFN2O3S/c1-3-7(6-18-2)15-19(16,17)11-4-8(12)9(13)5-10(11)14/h4-5,7,15H,3,6,14H2,1-2H3. The zero-order valence-electron chi connectivity index (χ0n) is 10.6. The van der Waals surface area contributed by atoms with Crippen molar-refractivity contribution in [1.82, 2.24) is 4.72 Å². The molecule has 1 aromatic rings. The van der Waals surface area contributed by atoms with Crippen molar-refractivity contribution in [2.75, 3.05) is 19.5 Å². The third-order valence-electron chi connectivity index (χ3n) is 2.52. The molecule has 5 nitrogen and oxygen atoms in total. The number of nitrogen functional groups attached to an aromatic ring is 1. The highest BCUT2D eigenvalue weighted by atomic mass is 79.9. The molecule has 0 saturated heterocycles. The van der Waals surface area contributed by atoms with E-state index in [0.29, 0.717) is 6.42 Å². The molecule has 1 unspecified atom stereocenters. The summed E-state index contributed by atoms with van der Waals surface area (Å²) in [7, 11) is -2.33. The van der Waals surface area contributed by atoms with E-state index in [2.05, 4.69) is 20.7 Å². The van der Waals surface area contributed by atoms with Crippen LogP contribution in [0.25, 0.3) is 0 Å². The average molecular weight is 355 g/mol. The number of rotatable bonds is 6. The SMILES string of the molecule is CCC(COC)NS(=O)(=O)c1cc(Br)c(F)cc1N. The normalized spacial score (nSPS) is 13.5. The highest BCUT2D eigenvalue weighted by Gasteiger charge is 2.22. The van der Waals surface area contributed by atoms with Crippen LogP contribution in [0.2, 0.25) is 0 Å². The summed E-state index contributed by atoms with van der Waals surface area (Å²) < 4.78 is 45.0. The van der Waals surface area contributed by atoms with Crippen molar-refractivity contribution in [1.29, 1.82) is 0 Å². The van der Waals surface area contributed by atoms with E-state index in [0.717, 1.165) is 12.1 Å². The van der Waals surface area contributed by atoms with Crippen molar-refractivity contribution < 1.29 is 17.5 Å². The second-order valence-electron chi connectivity index (χ2n) is 3.99. The van der Waals surface area contributed by atoms with Crippen LogP contribution >= 0.6 is 15.9 Å². The Hall–Kier alpha value is -0.700. The van der Waals surface area contributed by atoms with Gasteiger partial charge in [-0.3, -0.25) is 0 Å². The molecule has 0 aromatic heterocycles. The van der Waals surface area contributed by atoms with Crippen LogP contribution in [0.4, 0.5) is 10.1 Å². The van der Waals surface area contributed by atoms with Gasteiger partial charge in [0.1, 0.15) is 10.7 Å². The first kappa shape index (κ1) is 16.4. The van der Waals surface area contributed by atoms with Crippen molar-refractivity contribution >= 4 is 31.6 Å². The van der Waals surface area contributed by atoms with E-state index in [9.17, 15) is 12.8 Å². The molecule has 108 valence electrons. The molecule has 1 rings (SSSR count). The number of sulfonamides is 1. The lowest BCUT2D eigenvalue weighted by molar-refractivity contribution is 0.173. The molecule has 1 aromatic carbocycles. The number of hydrogen-bond acceptors (Lipinski definition) is 4. The van der Waals surface area contributed by atoms with Crippen LogP contribution in [0.5, 0.6) is 0 Å². The quantitative estimate of drug-likeness (QED) is 0.764. The predicted octanol–water partition coefficient (Wildman–Crippen LogP) is 1.87. The van der Waals surface area contributed by atoms with Crippen molar-refractivity contribution in [3.05, 3.63) is 22.4 Å². The monoisotopic (exact) mass is 354 g/mol. The molecular formula is C11H16BrFN2O3S. The number of hydrogen-bond donors (Lipinski definition) is 2. The van der Waals surface area contributed by atoms with Gasteiger partial charge in [0, 0.05) is 13.2 Å². The molecule has 3 N–H and O–H groups in total. The van der Waals surface area contributed by atoms with Crippen LogP contribution in [0.3, 0.4) is 0 Å². The van der Waals surface area contributed by atoms with Crippen LogP contribution in [-0.4, -0.2) is 28.2 Å². The Morgan fingerprint density at radius 1 is 1.53 bits per heavy atom. The van der Waals surface area contributed by atoms with Gasteiger partial charge in [-0.15, -0.1) is 0 Å². The molecule has 0 heterocycles. The lowest BCUT2D eigenvalue weighted by atomic mass is 10.3. The summed E-state index contributed by atoms with van der Waals surface area (Å²) in [5.74, 6) is -0.611. The summed E-state index contributed by atoms with van der Waals surface area (Å²) in [6, 6.07) is 1.75. The van der Waals surface area contributed by atoms with Crippen molar-refractivity contribution in [2.45, 2.75) is 24.3 Å². The Bertz CT molecular complexity index is 551. The molecule has 0 aliphatic rings. The smallest absolute Gasteiger partial charge is 0.242 e. The van der Waals surface area contributed by atoms with Crippen molar-refractivity contribution in [2.24, 2.45) is 0 Å². The number of methoxy groups -OCH3 is 1. The Kier molecular flexibility index (Phi) is 5.72. The van der Waals surface area contributed by atoms with Gasteiger partial charge in [0.2, 0.25) is 10.0 Å². The van der Waals surface area contributed by atoms with Crippen LogP contribution in [0, 0.1) is 5.82 Å². The molecule has 0 saturated carbocycles. The number of nitrogens with two attached hydrogens (primary N) is 1. The molecule has 19 heavy (non-hydrogen) atoms. The average Bonchev–Trinajstić information content (AvgIpc) is 2.32. The topological polar surface area (TPSA) is 81.4 Å². The Morgan fingerprint density at radius 3 is 2.68 bits per heavy atom. The maximum atomic E-state index is 13.2. The van der Waals surface area contributed by atoms with E-state index in [4.69, 9.17) is 10.5 Å². The van der Waals surface area contributed by atoms with Crippen molar-refractivity contribution in [3.63, 3.8) is 0 Å². The molecule has 0 spiro atoms. The summed E-state index contributed by atoms with van der Waals surface area (Å²) in [5, 5.41) is 0. The maximum Gasteiger partial charge on any atom is 0.242 e. The third-order valence-corrected chi connectivity index (χ3v) is 4.71. The zero-order valence-corrected chi connectivity index (χ0v) is 13.0. The summed E-state index contributed by atoms with van der Waals surface area (Å²) in [6.45, 7) is 2.08. The third kappa shape index (κ3) is 4.13. The second kappa shape index (κ2) is 6.65. The molecule has 8 heteroatoms. The van der Waals surface area contributed by atoms with Gasteiger partial charge in [-0.05, 0) is 34.5 Å². The van der Waals surface area contributed by atoms with Crippen LogP contribution in [0.15, 0.2) is 21.5 Å². The Morgan fingerprint density at radius 2 is 2.16 bits per heavy atom. The molecule has 0 amide bonds. The number of ether oxygens (including phenoxy) is 1. The number of halogens is 2. The van der Waals surface area contributed by atoms with Crippen LogP contribution in [0.1, 0.15) is 13.3 Å². The first-order valence-electron chi connectivity index (χ1n) is 5.57. The fourth-order valence-electron chi connectivity index (χ4n) is 1.50. The second-order valence-corrected chi connectivity index (χ2v) is 6.52. The lowest BCUT2D eigenvalue weighted by Crippen LogP contribution is -2.37. The minimum absolute atomic E-state index is 0.0434. The fraction of sp³-hybridized carbons (Fsp3) is 0.455. The minimum Gasteiger partial charge on any atom is -0.398 e. The summed E-state index contributed by atoms with van der Waals surface area (Å²) in [6.07, 6.45) is 0.565. The summed E-state index contributed by atoms with van der Waals surface area (Å²) in [4.78, 5) is -0.157. The van der Waals surface area contributed by atoms with Gasteiger partial charge in [-0.25, -0.2) is 17.5 Å². The first-order chi connectivity index (χ1) is 8.81. The number of nitrogens with one attached hydrogen (secondary N) is 1. The van der Waals surface area contributed by atoms with Crippen LogP contribution in [-0.2, 0) is 14.8 Å². The number of anilines is 1. The van der Waals surface area contributed by atoms with E-state index in [1.54, 1.807) is 0 Å². The van der Waals surface area contributed by atoms with Gasteiger partial charge in [0.25, 0.3) is 0 Å². The van der Waals surface area contributed by atoms with E-state index in [1.165, 1.54) is 7.11 Å². The molecule has 0 bridgehead atoms. The van der Waals surface area contributed by atoms with Gasteiger partial charge in [0.05, 0.1) is 16.8 Å². The Balaban J connectivity index is 3.10. The van der Waals surface area contributed by atoms with Gasteiger partial charge in [-0.1, -0.05) is 6.92 Å². The molecule has 1 atom stereocenters. The van der Waals surface area contributed by atoms with Gasteiger partial charge in [-0.2, -0.15) is 0 Å². The minimum atomic E-state index is -3.82. The molecule has 0 fully saturated rings. The van der Waals surface area contributed by atoms with Gasteiger partial charge < -0.3 is 10.5 Å². The number of benzene rings is 1. The van der Waals surface area contributed by atoms with Gasteiger partial charge >= 0.3 is 0 Å². The largest absolute Gasteiger partial charge is 0.398 e. The summed E-state index contributed by atoms with van der Waals surface area (Å²) in [5.41, 5.74) is 5.42. The van der Waals surface area contributed by atoms with Gasteiger partial charge in [0.15, 0.2) is 0 Å². The highest BCUT2D eigenvalue weighted by molar-refractivity contribution is 9.10. The zero-order chi connectivity index (χ0) is 14.6. The molecule has 0 aliphatic heterocycles. The maximum absolute atomic E-state index is 13.2. The van der Waals surface area contributed by atoms with E-state index in [-0.39, 0.29) is 27.7 Å². The van der Waals surface area contributed by atoms with E-state index < -0.39 is 15.8 Å². The molecule has 0 radical (unpaired) electrons. The highest BCUT2D eigenvalue weighted by Crippen LogP contribution is 2.26.